The first-order valence-corrected chi connectivity index (χ1v) is 8.28. The van der Waals surface area contributed by atoms with E-state index in [0.717, 1.165) is 0 Å². The number of rotatable bonds is 4. The number of amides is 3. The number of methoxy groups -OCH3 is 1. The molecule has 1 fully saturated rings. The Morgan fingerprint density at radius 3 is 2.52 bits per heavy atom. The Kier molecular flexibility index (Phi) is 5.35. The topological polar surface area (TPSA) is 87.7 Å². The molecule has 3 amide bonds. The molecular formula is C19H18FN3O4. The summed E-state index contributed by atoms with van der Waals surface area (Å²) in [4.78, 5) is 38.1. The van der Waals surface area contributed by atoms with Gasteiger partial charge in [0.2, 0.25) is 11.8 Å². The molecule has 3 rings (SSSR count). The van der Waals surface area contributed by atoms with E-state index in [1.807, 2.05) is 0 Å². The molecule has 2 aromatic rings. The van der Waals surface area contributed by atoms with Crippen molar-refractivity contribution in [3.63, 3.8) is 0 Å². The molecule has 2 aromatic carbocycles. The third-order valence-corrected chi connectivity index (χ3v) is 4.28. The summed E-state index contributed by atoms with van der Waals surface area (Å²) in [5.74, 6) is -1.89. The Balaban J connectivity index is 1.59. The Morgan fingerprint density at radius 2 is 1.81 bits per heavy atom. The monoisotopic (exact) mass is 371 g/mol. The molecule has 1 saturated heterocycles. The first kappa shape index (κ1) is 18.4. The molecule has 0 radical (unpaired) electrons. The number of anilines is 1. The van der Waals surface area contributed by atoms with Crippen LogP contribution in [-0.2, 0) is 9.59 Å². The number of halogens is 1. The van der Waals surface area contributed by atoms with Crippen LogP contribution in [-0.4, -0.2) is 31.4 Å². The van der Waals surface area contributed by atoms with Crippen LogP contribution in [0.15, 0.2) is 48.5 Å². The normalized spacial score (nSPS) is 16.1. The van der Waals surface area contributed by atoms with Gasteiger partial charge in [0.05, 0.1) is 18.6 Å². The van der Waals surface area contributed by atoms with E-state index in [1.165, 1.54) is 36.3 Å². The second-order valence-electron chi connectivity index (χ2n) is 6.03. The van der Waals surface area contributed by atoms with E-state index >= 15 is 0 Å². The molecule has 2 N–H and O–H groups in total. The number of hydrogen-bond donors (Lipinski definition) is 2. The van der Waals surface area contributed by atoms with Crippen molar-refractivity contribution in [1.82, 2.24) is 10.9 Å². The van der Waals surface area contributed by atoms with Crippen LogP contribution in [0.25, 0.3) is 0 Å². The number of carbonyl (C=O) groups is 3. The summed E-state index contributed by atoms with van der Waals surface area (Å²) in [7, 11) is 1.44. The molecule has 1 aliphatic heterocycles. The van der Waals surface area contributed by atoms with Crippen molar-refractivity contribution >= 4 is 23.4 Å². The average molecular weight is 371 g/mol. The summed E-state index contributed by atoms with van der Waals surface area (Å²) in [6.45, 7) is 0.154. The van der Waals surface area contributed by atoms with Crippen molar-refractivity contribution in [3.8, 4) is 5.75 Å². The number of hydrogen-bond acceptors (Lipinski definition) is 4. The molecule has 27 heavy (non-hydrogen) atoms. The van der Waals surface area contributed by atoms with Crippen molar-refractivity contribution in [2.75, 3.05) is 18.6 Å². The molecular weight excluding hydrogens is 353 g/mol. The molecule has 0 unspecified atom stereocenters. The first-order chi connectivity index (χ1) is 13.0. The Hall–Kier alpha value is -3.42. The predicted octanol–water partition coefficient (Wildman–Crippen LogP) is 1.65. The van der Waals surface area contributed by atoms with Gasteiger partial charge in [-0.15, -0.1) is 0 Å². The number of carbonyl (C=O) groups excluding carboxylic acids is 3. The van der Waals surface area contributed by atoms with Gasteiger partial charge in [-0.2, -0.15) is 0 Å². The zero-order valence-corrected chi connectivity index (χ0v) is 14.6. The minimum Gasteiger partial charge on any atom is -0.496 e. The fourth-order valence-corrected chi connectivity index (χ4v) is 2.87. The summed E-state index contributed by atoms with van der Waals surface area (Å²) >= 11 is 0. The lowest BCUT2D eigenvalue weighted by atomic mass is 10.1. The fraction of sp³-hybridized carbons (Fsp3) is 0.211. The molecule has 1 heterocycles. The Labute approximate surface area is 155 Å². The van der Waals surface area contributed by atoms with Crippen molar-refractivity contribution in [2.45, 2.75) is 6.42 Å². The average Bonchev–Trinajstić information content (AvgIpc) is 3.08. The minimum absolute atomic E-state index is 0.00768. The first-order valence-electron chi connectivity index (χ1n) is 8.28. The second kappa shape index (κ2) is 7.86. The van der Waals surface area contributed by atoms with Gasteiger partial charge in [0.15, 0.2) is 0 Å². The Morgan fingerprint density at radius 1 is 1.11 bits per heavy atom. The standard InChI is InChI=1S/C19H18FN3O4/c1-27-16-5-3-2-4-15(16)19(26)22-21-18(25)12-10-17(24)23(11-12)14-8-6-13(20)7-9-14/h2-9,12H,10-11H2,1H3,(H,21,25)(H,22,26)/t12-/m0/s1. The SMILES string of the molecule is COc1ccccc1C(=O)NNC(=O)[C@H]1CC(=O)N(c2ccc(F)cc2)C1. The summed E-state index contributed by atoms with van der Waals surface area (Å²) < 4.78 is 18.1. The number of hydrazine groups is 1. The quantitative estimate of drug-likeness (QED) is 0.800. The van der Waals surface area contributed by atoms with Gasteiger partial charge in [-0.25, -0.2) is 4.39 Å². The smallest absolute Gasteiger partial charge is 0.273 e. The highest BCUT2D eigenvalue weighted by Crippen LogP contribution is 2.25. The van der Waals surface area contributed by atoms with Crippen LogP contribution in [0.1, 0.15) is 16.8 Å². The molecule has 0 saturated carbocycles. The van der Waals surface area contributed by atoms with Crippen molar-refractivity contribution < 1.29 is 23.5 Å². The maximum absolute atomic E-state index is 13.0. The molecule has 0 aliphatic carbocycles. The highest BCUT2D eigenvalue weighted by molar-refractivity contribution is 6.01. The molecule has 140 valence electrons. The van der Waals surface area contributed by atoms with Gasteiger partial charge in [-0.1, -0.05) is 12.1 Å². The molecule has 1 atom stereocenters. The number of nitrogens with one attached hydrogen (secondary N) is 2. The number of nitrogens with zero attached hydrogens (tertiary/aromatic N) is 1. The Bertz CT molecular complexity index is 870. The van der Waals surface area contributed by atoms with Gasteiger partial charge >= 0.3 is 0 Å². The molecule has 0 aromatic heterocycles. The molecule has 1 aliphatic rings. The van der Waals surface area contributed by atoms with Crippen LogP contribution >= 0.6 is 0 Å². The number of ether oxygens (including phenoxy) is 1. The third-order valence-electron chi connectivity index (χ3n) is 4.28. The van der Waals surface area contributed by atoms with Gasteiger partial charge in [-0.3, -0.25) is 25.2 Å². The van der Waals surface area contributed by atoms with Crippen LogP contribution in [0.5, 0.6) is 5.75 Å². The second-order valence-corrected chi connectivity index (χ2v) is 6.03. The van der Waals surface area contributed by atoms with Crippen LogP contribution < -0.4 is 20.5 Å². The predicted molar refractivity (Wildman–Crippen MR) is 95.5 cm³/mol. The van der Waals surface area contributed by atoms with Crippen LogP contribution in [0.4, 0.5) is 10.1 Å². The van der Waals surface area contributed by atoms with Gasteiger partial charge in [0.1, 0.15) is 11.6 Å². The van der Waals surface area contributed by atoms with E-state index in [1.54, 1.807) is 24.3 Å². The van der Waals surface area contributed by atoms with Crippen molar-refractivity contribution in [2.24, 2.45) is 5.92 Å². The lowest BCUT2D eigenvalue weighted by Gasteiger charge is -2.17. The van der Waals surface area contributed by atoms with Crippen LogP contribution in [0.2, 0.25) is 0 Å². The number of benzene rings is 2. The molecule has 0 spiro atoms. The van der Waals surface area contributed by atoms with Crippen LogP contribution in [0.3, 0.4) is 0 Å². The van der Waals surface area contributed by atoms with Gasteiger partial charge in [0, 0.05) is 18.7 Å². The van der Waals surface area contributed by atoms with E-state index in [2.05, 4.69) is 10.9 Å². The lowest BCUT2D eigenvalue weighted by molar-refractivity contribution is -0.126. The van der Waals surface area contributed by atoms with Crippen LogP contribution in [0, 0.1) is 11.7 Å². The minimum atomic E-state index is -0.625. The van der Waals surface area contributed by atoms with E-state index in [9.17, 15) is 18.8 Å². The third kappa shape index (κ3) is 4.05. The van der Waals surface area contributed by atoms with Crippen molar-refractivity contribution in [1.29, 1.82) is 0 Å². The highest BCUT2D eigenvalue weighted by Gasteiger charge is 2.35. The summed E-state index contributed by atoms with van der Waals surface area (Å²) in [5.41, 5.74) is 5.47. The van der Waals surface area contributed by atoms with Gasteiger partial charge in [0.25, 0.3) is 5.91 Å². The van der Waals surface area contributed by atoms with Gasteiger partial charge < -0.3 is 9.64 Å². The van der Waals surface area contributed by atoms with Gasteiger partial charge in [-0.05, 0) is 36.4 Å². The summed E-state index contributed by atoms with van der Waals surface area (Å²) in [6.07, 6.45) is 0.00768. The van der Waals surface area contributed by atoms with Crippen molar-refractivity contribution in [3.05, 3.63) is 59.9 Å². The zero-order chi connectivity index (χ0) is 19.4. The highest BCUT2D eigenvalue weighted by atomic mass is 19.1. The number of para-hydroxylation sites is 1. The largest absolute Gasteiger partial charge is 0.496 e. The zero-order valence-electron chi connectivity index (χ0n) is 14.6. The summed E-state index contributed by atoms with van der Waals surface area (Å²) in [5, 5.41) is 0. The maximum atomic E-state index is 13.0. The van der Waals surface area contributed by atoms with E-state index in [-0.39, 0.29) is 24.4 Å². The van der Waals surface area contributed by atoms with E-state index < -0.39 is 23.5 Å². The lowest BCUT2D eigenvalue weighted by Crippen LogP contribution is -2.45. The molecule has 0 bridgehead atoms. The van der Waals surface area contributed by atoms with E-state index in [0.29, 0.717) is 11.4 Å². The van der Waals surface area contributed by atoms with E-state index in [4.69, 9.17) is 4.74 Å². The fourth-order valence-electron chi connectivity index (χ4n) is 2.87. The summed E-state index contributed by atoms with van der Waals surface area (Å²) in [6, 6.07) is 12.1. The molecule has 7 nitrogen and oxygen atoms in total. The molecule has 8 heteroatoms. The maximum Gasteiger partial charge on any atom is 0.273 e.